The Morgan fingerprint density at radius 3 is 1.87 bits per heavy atom. The summed E-state index contributed by atoms with van der Waals surface area (Å²) >= 11 is 0. The Bertz CT molecular complexity index is 1540. The van der Waals surface area contributed by atoms with E-state index in [0.717, 1.165) is 29.5 Å². The van der Waals surface area contributed by atoms with Gasteiger partial charge in [0.05, 0.1) is 0 Å². The van der Waals surface area contributed by atoms with Crippen LogP contribution >= 0.6 is 0 Å². The molecule has 8 heteroatoms. The molecule has 0 aromatic heterocycles. The molecule has 1 unspecified atom stereocenters. The first kappa shape index (κ1) is 32.3. The molecule has 1 saturated carbocycles. The van der Waals surface area contributed by atoms with Gasteiger partial charge in [-0.3, -0.25) is 4.79 Å². The fourth-order valence-electron chi connectivity index (χ4n) is 5.54. The number of hydrogen-bond acceptors (Lipinski definition) is 6. The lowest BCUT2D eigenvalue weighted by atomic mass is 9.81. The van der Waals surface area contributed by atoms with Crippen LogP contribution in [-0.2, 0) is 38.7 Å². The summed E-state index contributed by atoms with van der Waals surface area (Å²) in [5.41, 5.74) is 2.64. The van der Waals surface area contributed by atoms with Gasteiger partial charge in [-0.2, -0.15) is 0 Å². The lowest BCUT2D eigenvalue weighted by molar-refractivity contribution is -0.149. The zero-order chi connectivity index (χ0) is 32.0. The largest absolute Gasteiger partial charge is 0.459 e. The van der Waals surface area contributed by atoms with Crippen molar-refractivity contribution in [2.75, 3.05) is 6.54 Å². The fraction of sp³-hybridized carbons (Fsp3) is 0.289. The molecule has 1 fully saturated rings. The van der Waals surface area contributed by atoms with Crippen LogP contribution in [-0.4, -0.2) is 30.6 Å². The summed E-state index contributed by atoms with van der Waals surface area (Å²) in [6, 6.07) is 35.1. The molecule has 8 nitrogen and oxygen atoms in total. The van der Waals surface area contributed by atoms with E-state index < -0.39 is 18.1 Å². The zero-order valence-electron chi connectivity index (χ0n) is 25.8. The third kappa shape index (κ3) is 10.2. The summed E-state index contributed by atoms with van der Waals surface area (Å²) in [4.78, 5) is 39.0. The molecule has 2 N–H and O–H groups in total. The van der Waals surface area contributed by atoms with Gasteiger partial charge in [-0.15, -0.1) is 0 Å². The minimum Gasteiger partial charge on any atom is -0.459 e. The quantitative estimate of drug-likeness (QED) is 0.156. The second kappa shape index (κ2) is 16.8. The van der Waals surface area contributed by atoms with Crippen LogP contribution in [0.5, 0.6) is 11.5 Å². The highest BCUT2D eigenvalue weighted by Gasteiger charge is 2.30. The second-order valence-electron chi connectivity index (χ2n) is 11.6. The van der Waals surface area contributed by atoms with Gasteiger partial charge in [0.2, 0.25) is 5.91 Å². The number of amides is 2. The fourth-order valence-corrected chi connectivity index (χ4v) is 5.54. The third-order valence-electron chi connectivity index (χ3n) is 8.11. The van der Waals surface area contributed by atoms with Gasteiger partial charge >= 0.3 is 12.1 Å². The molecule has 4 aromatic rings. The smallest absolute Gasteiger partial charge is 0.407 e. The van der Waals surface area contributed by atoms with Crippen LogP contribution in [0.1, 0.15) is 42.4 Å². The number of ether oxygens (including phenoxy) is 3. The van der Waals surface area contributed by atoms with E-state index in [1.807, 2.05) is 115 Å². The summed E-state index contributed by atoms with van der Waals surface area (Å²) in [6.45, 7) is 0.839. The summed E-state index contributed by atoms with van der Waals surface area (Å²) in [7, 11) is 0. The molecular formula is C38H40N2O6. The van der Waals surface area contributed by atoms with Crippen LogP contribution in [0.4, 0.5) is 4.79 Å². The van der Waals surface area contributed by atoms with E-state index >= 15 is 0 Å². The second-order valence-corrected chi connectivity index (χ2v) is 11.6. The van der Waals surface area contributed by atoms with Crippen LogP contribution in [0.15, 0.2) is 115 Å². The summed E-state index contributed by atoms with van der Waals surface area (Å²) in [5.74, 6) is 0.736. The van der Waals surface area contributed by atoms with Gasteiger partial charge in [0.25, 0.3) is 0 Å². The summed E-state index contributed by atoms with van der Waals surface area (Å²) in [6.07, 6.45) is 2.74. The number of nitrogens with one attached hydrogen (secondary N) is 2. The van der Waals surface area contributed by atoms with Crippen molar-refractivity contribution in [1.82, 2.24) is 10.6 Å². The maximum Gasteiger partial charge on any atom is 0.407 e. The number of para-hydroxylation sites is 1. The van der Waals surface area contributed by atoms with Gasteiger partial charge in [-0.1, -0.05) is 91.0 Å². The van der Waals surface area contributed by atoms with Gasteiger partial charge in [-0.25, -0.2) is 9.59 Å². The molecule has 46 heavy (non-hydrogen) atoms. The first-order valence-electron chi connectivity index (χ1n) is 15.8. The van der Waals surface area contributed by atoms with E-state index in [9.17, 15) is 14.4 Å². The van der Waals surface area contributed by atoms with E-state index in [0.29, 0.717) is 30.9 Å². The van der Waals surface area contributed by atoms with E-state index in [4.69, 9.17) is 14.2 Å². The van der Waals surface area contributed by atoms with Crippen LogP contribution in [0.25, 0.3) is 0 Å². The average molecular weight is 621 g/mol. The molecule has 0 heterocycles. The standard InChI is InChI=1S/C38H40N2O6/c41-36(32-21-19-28(20-22-32)25-39-38(43)45-27-30-13-6-2-7-14-30)40-35(37(42)44-26-29-11-4-1-5-12-29)24-31-15-10-18-34(23-31)46-33-16-8-3-9-17-33/h1-18,23,28,32,35H,19-22,24-27H2,(H,39,43)(H,40,41). The number of benzene rings is 4. The number of rotatable bonds is 13. The van der Waals surface area contributed by atoms with Crippen molar-refractivity contribution in [3.05, 3.63) is 132 Å². The Balaban J connectivity index is 1.14. The number of hydrogen-bond donors (Lipinski definition) is 2. The Morgan fingerprint density at radius 1 is 0.652 bits per heavy atom. The number of carbonyl (C=O) groups excluding carboxylic acids is 3. The zero-order valence-corrected chi connectivity index (χ0v) is 25.8. The van der Waals surface area contributed by atoms with Gasteiger partial charge in [0.1, 0.15) is 30.8 Å². The first-order chi connectivity index (χ1) is 22.5. The normalized spacial score (nSPS) is 16.4. The van der Waals surface area contributed by atoms with Crippen molar-refractivity contribution in [3.8, 4) is 11.5 Å². The number of carbonyl (C=O) groups is 3. The van der Waals surface area contributed by atoms with E-state index in [-0.39, 0.29) is 37.4 Å². The predicted molar refractivity (Wildman–Crippen MR) is 175 cm³/mol. The van der Waals surface area contributed by atoms with E-state index in [1.54, 1.807) is 0 Å². The van der Waals surface area contributed by atoms with Crippen molar-refractivity contribution < 1.29 is 28.6 Å². The molecule has 0 aliphatic heterocycles. The summed E-state index contributed by atoms with van der Waals surface area (Å²) in [5, 5.41) is 5.85. The molecule has 0 radical (unpaired) electrons. The molecule has 1 aliphatic rings. The molecule has 0 spiro atoms. The van der Waals surface area contributed by atoms with Crippen LogP contribution in [0.2, 0.25) is 0 Å². The third-order valence-corrected chi connectivity index (χ3v) is 8.11. The molecular weight excluding hydrogens is 580 g/mol. The number of alkyl carbamates (subject to hydrolysis) is 1. The highest BCUT2D eigenvalue weighted by atomic mass is 16.5. The van der Waals surface area contributed by atoms with Crippen molar-refractivity contribution in [2.45, 2.75) is 51.4 Å². The Morgan fingerprint density at radius 2 is 1.22 bits per heavy atom. The lowest BCUT2D eigenvalue weighted by Gasteiger charge is -2.29. The minimum absolute atomic E-state index is 0.120. The molecule has 238 valence electrons. The highest BCUT2D eigenvalue weighted by Crippen LogP contribution is 2.29. The maximum atomic E-state index is 13.4. The van der Waals surface area contributed by atoms with Gasteiger partial charge in [0.15, 0.2) is 0 Å². The van der Waals surface area contributed by atoms with Crippen LogP contribution < -0.4 is 15.4 Å². The van der Waals surface area contributed by atoms with E-state index in [1.165, 1.54) is 0 Å². The van der Waals surface area contributed by atoms with Gasteiger partial charge < -0.3 is 24.8 Å². The number of esters is 1. The van der Waals surface area contributed by atoms with Crippen molar-refractivity contribution >= 4 is 18.0 Å². The molecule has 1 aliphatic carbocycles. The lowest BCUT2D eigenvalue weighted by Crippen LogP contribution is -2.46. The monoisotopic (exact) mass is 620 g/mol. The highest BCUT2D eigenvalue weighted by molar-refractivity contribution is 5.86. The Kier molecular flexibility index (Phi) is 11.8. The Hall–Kier alpha value is -5.11. The molecule has 0 saturated heterocycles. The first-order valence-corrected chi connectivity index (χ1v) is 15.8. The maximum absolute atomic E-state index is 13.4. The molecule has 2 amide bonds. The van der Waals surface area contributed by atoms with Crippen molar-refractivity contribution in [2.24, 2.45) is 11.8 Å². The molecule has 4 aromatic carbocycles. The SMILES string of the molecule is O=C(NCC1CCC(C(=O)NC(Cc2cccc(Oc3ccccc3)c2)C(=O)OCc2ccccc2)CC1)OCc1ccccc1. The Labute approximate surface area is 270 Å². The molecule has 5 rings (SSSR count). The topological polar surface area (TPSA) is 103 Å². The average Bonchev–Trinajstić information content (AvgIpc) is 3.10. The summed E-state index contributed by atoms with van der Waals surface area (Å²) < 4.78 is 17.0. The van der Waals surface area contributed by atoms with E-state index in [2.05, 4.69) is 10.6 Å². The molecule has 0 bridgehead atoms. The van der Waals surface area contributed by atoms with Crippen molar-refractivity contribution in [3.63, 3.8) is 0 Å². The van der Waals surface area contributed by atoms with Crippen LogP contribution in [0, 0.1) is 11.8 Å². The molecule has 1 atom stereocenters. The van der Waals surface area contributed by atoms with Gasteiger partial charge in [-0.05, 0) is 72.6 Å². The van der Waals surface area contributed by atoms with Gasteiger partial charge in [0, 0.05) is 18.9 Å². The van der Waals surface area contributed by atoms with Crippen molar-refractivity contribution in [1.29, 1.82) is 0 Å². The van der Waals surface area contributed by atoms with Crippen LogP contribution in [0.3, 0.4) is 0 Å². The minimum atomic E-state index is -0.859. The predicted octanol–water partition coefficient (Wildman–Crippen LogP) is 6.98.